The van der Waals surface area contributed by atoms with Crippen molar-refractivity contribution in [3.8, 4) is 0 Å². The van der Waals surface area contributed by atoms with Gasteiger partial charge in [0.15, 0.2) is 0 Å². The Kier molecular flexibility index (Phi) is 8.93. The fraction of sp³-hybridized carbons (Fsp3) is 0.800. The molecule has 8 nitrogen and oxygen atoms in total. The Morgan fingerprint density at radius 2 is 2.03 bits per heavy atom. The quantitative estimate of drug-likeness (QED) is 0.241. The number of aliphatic hydroxyl groups excluding tert-OH is 1. The van der Waals surface area contributed by atoms with Gasteiger partial charge in [0.2, 0.25) is 11.8 Å². The molecule has 0 aliphatic carbocycles. The van der Waals surface area contributed by atoms with Gasteiger partial charge in [0, 0.05) is 26.2 Å². The van der Waals surface area contributed by atoms with Gasteiger partial charge in [0.25, 0.3) is 0 Å². The van der Waals surface area contributed by atoms with Gasteiger partial charge in [-0.1, -0.05) is 32.3 Å². The molecule has 3 aliphatic heterocycles. The second kappa shape index (κ2) is 11.5. The van der Waals surface area contributed by atoms with Crippen LogP contribution < -0.4 is 0 Å². The van der Waals surface area contributed by atoms with E-state index in [2.05, 4.69) is 13.5 Å². The van der Waals surface area contributed by atoms with Crippen LogP contribution in [0.3, 0.4) is 0 Å². The zero-order valence-electron chi connectivity index (χ0n) is 20.2. The van der Waals surface area contributed by atoms with Gasteiger partial charge in [-0.15, -0.1) is 6.58 Å². The number of unbranched alkanes of at least 4 members (excludes halogenated alkanes) is 4. The fourth-order valence-electron chi connectivity index (χ4n) is 5.90. The molecule has 1 N–H and O–H groups in total. The smallest absolute Gasteiger partial charge is 0.312 e. The van der Waals surface area contributed by atoms with E-state index in [1.165, 1.54) is 0 Å². The summed E-state index contributed by atoms with van der Waals surface area (Å²) in [5.41, 5.74) is -0.965. The first kappa shape index (κ1) is 25.7. The van der Waals surface area contributed by atoms with E-state index in [0.29, 0.717) is 32.5 Å². The molecular formula is C25H40N2O6. The van der Waals surface area contributed by atoms with Crippen LogP contribution in [-0.2, 0) is 23.9 Å². The van der Waals surface area contributed by atoms with Crippen molar-refractivity contribution >= 4 is 17.8 Å². The lowest BCUT2D eigenvalue weighted by Crippen LogP contribution is -2.56. The molecule has 3 rings (SSSR count). The third-order valence-electron chi connectivity index (χ3n) is 7.34. The molecule has 0 aromatic heterocycles. The van der Waals surface area contributed by atoms with Gasteiger partial charge in [-0.25, -0.2) is 0 Å². The van der Waals surface area contributed by atoms with Crippen molar-refractivity contribution in [1.29, 1.82) is 0 Å². The lowest BCUT2D eigenvalue weighted by molar-refractivity contribution is -0.155. The summed E-state index contributed by atoms with van der Waals surface area (Å²) in [7, 11) is 0. The van der Waals surface area contributed by atoms with Crippen molar-refractivity contribution in [2.75, 3.05) is 32.8 Å². The zero-order valence-corrected chi connectivity index (χ0v) is 20.2. The minimum Gasteiger partial charge on any atom is -0.466 e. The molecule has 186 valence electrons. The second-order valence-corrected chi connectivity index (χ2v) is 9.40. The van der Waals surface area contributed by atoms with Crippen molar-refractivity contribution in [3.05, 3.63) is 12.7 Å². The van der Waals surface area contributed by atoms with E-state index >= 15 is 0 Å². The van der Waals surface area contributed by atoms with Gasteiger partial charge in [0.1, 0.15) is 11.6 Å². The van der Waals surface area contributed by atoms with Crippen molar-refractivity contribution in [2.24, 2.45) is 11.8 Å². The molecule has 2 unspecified atom stereocenters. The van der Waals surface area contributed by atoms with Crippen molar-refractivity contribution in [2.45, 2.75) is 83.0 Å². The number of ether oxygens (including phenoxy) is 2. The monoisotopic (exact) mass is 464 g/mol. The first-order valence-corrected chi connectivity index (χ1v) is 12.6. The average Bonchev–Trinajstić information content (AvgIpc) is 3.44. The first-order valence-electron chi connectivity index (χ1n) is 12.6. The van der Waals surface area contributed by atoms with Crippen molar-refractivity contribution in [1.82, 2.24) is 9.80 Å². The third kappa shape index (κ3) is 4.83. The van der Waals surface area contributed by atoms with Gasteiger partial charge in [0.05, 0.1) is 24.5 Å². The summed E-state index contributed by atoms with van der Waals surface area (Å²) in [6, 6.07) is -0.728. The highest BCUT2D eigenvalue weighted by atomic mass is 16.6. The Bertz CT molecular complexity index is 728. The highest BCUT2D eigenvalue weighted by molar-refractivity contribution is 5.98. The number of aliphatic hydroxyl groups is 1. The van der Waals surface area contributed by atoms with Crippen LogP contribution in [0.15, 0.2) is 12.7 Å². The van der Waals surface area contributed by atoms with Crippen molar-refractivity contribution in [3.63, 3.8) is 0 Å². The highest BCUT2D eigenvalue weighted by Crippen LogP contribution is 2.58. The summed E-state index contributed by atoms with van der Waals surface area (Å²) in [5.74, 6) is -1.99. The van der Waals surface area contributed by atoms with Crippen LogP contribution in [0.4, 0.5) is 0 Å². The molecule has 3 heterocycles. The molecule has 33 heavy (non-hydrogen) atoms. The lowest BCUT2D eigenvalue weighted by atomic mass is 9.70. The predicted molar refractivity (Wildman–Crippen MR) is 123 cm³/mol. The lowest BCUT2D eigenvalue weighted by Gasteiger charge is -2.36. The molecule has 2 amide bonds. The van der Waals surface area contributed by atoms with Crippen LogP contribution in [0.5, 0.6) is 0 Å². The molecule has 3 aliphatic rings. The Balaban J connectivity index is 1.90. The Morgan fingerprint density at radius 3 is 2.70 bits per heavy atom. The van der Waals surface area contributed by atoms with E-state index < -0.39 is 29.4 Å². The number of amides is 2. The molecule has 0 saturated carbocycles. The van der Waals surface area contributed by atoms with Crippen LogP contribution in [0, 0.1) is 11.8 Å². The van der Waals surface area contributed by atoms with E-state index in [4.69, 9.17) is 14.6 Å². The molecule has 0 radical (unpaired) electrons. The summed E-state index contributed by atoms with van der Waals surface area (Å²) in [6.45, 7) is 9.50. The number of carbonyl (C=O) groups excluding carboxylic acids is 3. The Hall–Kier alpha value is -1.93. The van der Waals surface area contributed by atoms with Gasteiger partial charge in [-0.2, -0.15) is 0 Å². The largest absolute Gasteiger partial charge is 0.466 e. The van der Waals surface area contributed by atoms with Crippen molar-refractivity contribution < 1.29 is 29.0 Å². The SMILES string of the molecule is C=CCN(CCCC)C(=O)C1N(CCCCCCO)C(=O)[C@@H]2[C@H](C(=O)OCC)[C@@H]3CCC12O3. The van der Waals surface area contributed by atoms with Crippen LogP contribution in [0.2, 0.25) is 0 Å². The van der Waals surface area contributed by atoms with Gasteiger partial charge >= 0.3 is 5.97 Å². The number of rotatable bonds is 14. The molecule has 3 saturated heterocycles. The topological polar surface area (TPSA) is 96.4 Å². The Labute approximate surface area is 197 Å². The van der Waals surface area contributed by atoms with Crippen LogP contribution in [0.25, 0.3) is 0 Å². The fourth-order valence-corrected chi connectivity index (χ4v) is 5.90. The second-order valence-electron chi connectivity index (χ2n) is 9.40. The summed E-state index contributed by atoms with van der Waals surface area (Å²) in [4.78, 5) is 43.9. The van der Waals surface area contributed by atoms with E-state index in [1.807, 2.05) is 0 Å². The number of esters is 1. The van der Waals surface area contributed by atoms with Crippen LogP contribution in [-0.4, -0.2) is 83.3 Å². The number of hydrogen-bond acceptors (Lipinski definition) is 6. The summed E-state index contributed by atoms with van der Waals surface area (Å²) >= 11 is 0. The maximum Gasteiger partial charge on any atom is 0.312 e. The molecule has 3 fully saturated rings. The number of hydrogen-bond donors (Lipinski definition) is 1. The summed E-state index contributed by atoms with van der Waals surface area (Å²) in [5, 5.41) is 9.04. The standard InChI is InChI=1S/C25H40N2O6/c1-4-7-15-26(14-5-2)23(30)21-25-13-12-18(33-25)19(24(31)32-6-3)20(25)22(29)27(21)16-10-8-9-11-17-28/h5,18-21,28H,2,4,6-17H2,1,3H3/t18-,19+,20-,21?,25?/m0/s1. The molecule has 0 aromatic rings. The van der Waals surface area contributed by atoms with Crippen LogP contribution in [0.1, 0.15) is 65.2 Å². The van der Waals surface area contributed by atoms with E-state index in [1.54, 1.807) is 22.8 Å². The molecular weight excluding hydrogens is 424 g/mol. The predicted octanol–water partition coefficient (Wildman–Crippen LogP) is 2.29. The minimum atomic E-state index is -0.965. The average molecular weight is 465 g/mol. The van der Waals surface area contributed by atoms with Gasteiger partial charge in [-0.3, -0.25) is 14.4 Å². The first-order chi connectivity index (χ1) is 16.0. The molecule has 5 atom stereocenters. The summed E-state index contributed by atoms with van der Waals surface area (Å²) < 4.78 is 11.7. The zero-order chi connectivity index (χ0) is 24.0. The van der Waals surface area contributed by atoms with E-state index in [0.717, 1.165) is 38.5 Å². The van der Waals surface area contributed by atoms with Gasteiger partial charge < -0.3 is 24.4 Å². The number of carbonyl (C=O) groups is 3. The molecule has 8 heteroatoms. The summed E-state index contributed by atoms with van der Waals surface area (Å²) in [6.07, 6.45) is 7.61. The maximum absolute atomic E-state index is 13.9. The van der Waals surface area contributed by atoms with Gasteiger partial charge in [-0.05, 0) is 39.0 Å². The normalized spacial score (nSPS) is 29.9. The molecule has 0 aromatic carbocycles. The third-order valence-corrected chi connectivity index (χ3v) is 7.34. The molecule has 2 bridgehead atoms. The number of fused-ring (bicyclic) bond motifs is 1. The van der Waals surface area contributed by atoms with E-state index in [-0.39, 0.29) is 31.1 Å². The molecule has 1 spiro atoms. The van der Waals surface area contributed by atoms with Crippen LogP contribution >= 0.6 is 0 Å². The number of nitrogens with zero attached hydrogens (tertiary/aromatic N) is 2. The maximum atomic E-state index is 13.9. The number of likely N-dealkylation sites (tertiary alicyclic amines) is 1. The minimum absolute atomic E-state index is 0.111. The van der Waals surface area contributed by atoms with E-state index in [9.17, 15) is 14.4 Å². The Morgan fingerprint density at radius 1 is 1.27 bits per heavy atom. The highest BCUT2D eigenvalue weighted by Gasteiger charge is 2.74.